The maximum absolute atomic E-state index is 3.73. The van der Waals surface area contributed by atoms with Crippen molar-refractivity contribution in [2.75, 3.05) is 25.0 Å². The Morgan fingerprint density at radius 1 is 1.21 bits per heavy atom. The van der Waals surface area contributed by atoms with Crippen molar-refractivity contribution in [3.63, 3.8) is 0 Å². The fourth-order valence-corrected chi connectivity index (χ4v) is 3.15. The van der Waals surface area contributed by atoms with Gasteiger partial charge in [-0.15, -0.1) is 0 Å². The number of benzene rings is 1. The molecule has 0 aliphatic heterocycles. The van der Waals surface area contributed by atoms with Crippen molar-refractivity contribution in [3.8, 4) is 0 Å². The quantitative estimate of drug-likeness (QED) is 0.804. The van der Waals surface area contributed by atoms with Gasteiger partial charge in [0.05, 0.1) is 0 Å². The molecular weight excluding hydrogens is 232 g/mol. The number of hydrogen-bond acceptors (Lipinski definition) is 2. The van der Waals surface area contributed by atoms with Crippen LogP contribution < -0.4 is 10.2 Å². The van der Waals surface area contributed by atoms with Crippen LogP contribution in [-0.2, 0) is 0 Å². The summed E-state index contributed by atoms with van der Waals surface area (Å²) in [6, 6.07) is 11.5. The van der Waals surface area contributed by atoms with Gasteiger partial charge in [0.25, 0.3) is 0 Å². The van der Waals surface area contributed by atoms with E-state index in [1.54, 1.807) is 0 Å². The van der Waals surface area contributed by atoms with Gasteiger partial charge >= 0.3 is 0 Å². The highest BCUT2D eigenvalue weighted by Crippen LogP contribution is 2.29. The van der Waals surface area contributed by atoms with Crippen molar-refractivity contribution in [1.29, 1.82) is 0 Å². The second kappa shape index (κ2) is 7.54. The van der Waals surface area contributed by atoms with Gasteiger partial charge in [-0.25, -0.2) is 0 Å². The topological polar surface area (TPSA) is 15.3 Å². The minimum absolute atomic E-state index is 0.768. The summed E-state index contributed by atoms with van der Waals surface area (Å²) >= 11 is 0. The number of rotatable bonds is 7. The molecule has 0 bridgehead atoms. The van der Waals surface area contributed by atoms with Gasteiger partial charge in [0.2, 0.25) is 0 Å². The van der Waals surface area contributed by atoms with Gasteiger partial charge in [0, 0.05) is 25.3 Å². The normalized spacial score (nSPS) is 22.6. The van der Waals surface area contributed by atoms with Crippen LogP contribution in [0.4, 0.5) is 5.69 Å². The minimum Gasteiger partial charge on any atom is -0.375 e. The first-order valence-electron chi connectivity index (χ1n) is 7.81. The van der Waals surface area contributed by atoms with Crippen molar-refractivity contribution in [3.05, 3.63) is 30.3 Å². The number of nitrogens with one attached hydrogen (secondary N) is 1. The third-order valence-corrected chi connectivity index (χ3v) is 4.35. The van der Waals surface area contributed by atoms with Crippen LogP contribution in [0, 0.1) is 5.92 Å². The Morgan fingerprint density at radius 2 is 2.00 bits per heavy atom. The Balaban J connectivity index is 1.78. The molecule has 19 heavy (non-hydrogen) atoms. The molecule has 1 aliphatic carbocycles. The second-order valence-electron chi connectivity index (χ2n) is 5.80. The predicted octanol–water partition coefficient (Wildman–Crippen LogP) is 3.68. The predicted molar refractivity (Wildman–Crippen MR) is 83.8 cm³/mol. The van der Waals surface area contributed by atoms with E-state index in [9.17, 15) is 0 Å². The van der Waals surface area contributed by atoms with Gasteiger partial charge in [-0.3, -0.25) is 0 Å². The first kappa shape index (κ1) is 14.4. The van der Waals surface area contributed by atoms with Gasteiger partial charge in [-0.2, -0.15) is 0 Å². The van der Waals surface area contributed by atoms with Crippen LogP contribution >= 0.6 is 0 Å². The van der Waals surface area contributed by atoms with Crippen LogP contribution in [0.25, 0.3) is 0 Å². The molecule has 2 unspecified atom stereocenters. The highest BCUT2D eigenvalue weighted by molar-refractivity contribution is 5.44. The molecular formula is C17H28N2. The molecule has 1 N–H and O–H groups in total. The molecule has 2 nitrogen and oxygen atoms in total. The van der Waals surface area contributed by atoms with Gasteiger partial charge in [-0.05, 0) is 50.3 Å². The lowest BCUT2D eigenvalue weighted by molar-refractivity contribution is 0.382. The van der Waals surface area contributed by atoms with Gasteiger partial charge < -0.3 is 10.2 Å². The number of para-hydroxylation sites is 1. The smallest absolute Gasteiger partial charge is 0.0363 e. The van der Waals surface area contributed by atoms with E-state index in [2.05, 4.69) is 54.5 Å². The Labute approximate surface area is 118 Å². The molecule has 0 saturated heterocycles. The largest absolute Gasteiger partial charge is 0.375 e. The maximum Gasteiger partial charge on any atom is 0.0363 e. The van der Waals surface area contributed by atoms with Gasteiger partial charge in [0.1, 0.15) is 0 Å². The molecule has 1 saturated carbocycles. The van der Waals surface area contributed by atoms with Crippen molar-refractivity contribution in [1.82, 2.24) is 5.32 Å². The first-order chi connectivity index (χ1) is 9.31. The average Bonchev–Trinajstić information content (AvgIpc) is 2.91. The van der Waals surface area contributed by atoms with E-state index in [1.807, 2.05) is 0 Å². The molecule has 2 heteroatoms. The molecule has 2 rings (SSSR count). The summed E-state index contributed by atoms with van der Waals surface area (Å²) in [4.78, 5) is 2.38. The molecule has 0 heterocycles. The summed E-state index contributed by atoms with van der Waals surface area (Å²) < 4.78 is 0. The van der Waals surface area contributed by atoms with E-state index >= 15 is 0 Å². The molecule has 0 spiro atoms. The van der Waals surface area contributed by atoms with E-state index in [-0.39, 0.29) is 0 Å². The van der Waals surface area contributed by atoms with Crippen molar-refractivity contribution >= 4 is 5.69 Å². The first-order valence-corrected chi connectivity index (χ1v) is 7.81. The molecule has 0 aromatic heterocycles. The summed E-state index contributed by atoms with van der Waals surface area (Å²) in [5.74, 6) is 0.873. The van der Waals surface area contributed by atoms with E-state index in [1.165, 1.54) is 50.9 Å². The maximum atomic E-state index is 3.73. The minimum atomic E-state index is 0.768. The molecule has 0 radical (unpaired) electrons. The standard InChI is InChI=1S/C17H28N2/c1-3-13-18-17-11-7-8-15(17)12-14-19(2)16-9-5-4-6-10-16/h4-6,9-10,15,17-18H,3,7-8,11-14H2,1-2H3. The number of nitrogens with zero attached hydrogens (tertiary/aromatic N) is 1. The Hall–Kier alpha value is -1.02. The number of anilines is 1. The molecule has 1 aromatic rings. The highest BCUT2D eigenvalue weighted by atomic mass is 15.1. The zero-order valence-corrected chi connectivity index (χ0v) is 12.4. The molecule has 1 fully saturated rings. The van der Waals surface area contributed by atoms with Crippen molar-refractivity contribution in [2.45, 2.75) is 45.1 Å². The molecule has 106 valence electrons. The third kappa shape index (κ3) is 4.24. The summed E-state index contributed by atoms with van der Waals surface area (Å²) in [5.41, 5.74) is 1.33. The van der Waals surface area contributed by atoms with Crippen LogP contribution in [0.5, 0.6) is 0 Å². The van der Waals surface area contributed by atoms with E-state index in [4.69, 9.17) is 0 Å². The molecule has 1 aliphatic rings. The second-order valence-corrected chi connectivity index (χ2v) is 5.80. The van der Waals surface area contributed by atoms with Crippen LogP contribution in [0.15, 0.2) is 30.3 Å². The molecule has 1 aromatic carbocycles. The average molecular weight is 260 g/mol. The van der Waals surface area contributed by atoms with Gasteiger partial charge in [0.15, 0.2) is 0 Å². The number of hydrogen-bond donors (Lipinski definition) is 1. The zero-order chi connectivity index (χ0) is 13.5. The molecule has 0 amide bonds. The van der Waals surface area contributed by atoms with E-state index in [0.717, 1.165) is 12.0 Å². The fourth-order valence-electron chi connectivity index (χ4n) is 3.15. The fraction of sp³-hybridized carbons (Fsp3) is 0.647. The molecule has 2 atom stereocenters. The van der Waals surface area contributed by atoms with E-state index in [0.29, 0.717) is 0 Å². The zero-order valence-electron chi connectivity index (χ0n) is 12.4. The lowest BCUT2D eigenvalue weighted by Crippen LogP contribution is -2.34. The van der Waals surface area contributed by atoms with Crippen molar-refractivity contribution in [2.24, 2.45) is 5.92 Å². The van der Waals surface area contributed by atoms with Crippen LogP contribution in [-0.4, -0.2) is 26.2 Å². The lowest BCUT2D eigenvalue weighted by Gasteiger charge is -2.25. The van der Waals surface area contributed by atoms with Crippen LogP contribution in [0.3, 0.4) is 0 Å². The Kier molecular flexibility index (Phi) is 5.71. The highest BCUT2D eigenvalue weighted by Gasteiger charge is 2.26. The SMILES string of the molecule is CCCNC1CCCC1CCN(C)c1ccccc1. The van der Waals surface area contributed by atoms with E-state index < -0.39 is 0 Å². The lowest BCUT2D eigenvalue weighted by atomic mass is 9.99. The van der Waals surface area contributed by atoms with Crippen LogP contribution in [0.2, 0.25) is 0 Å². The van der Waals surface area contributed by atoms with Crippen molar-refractivity contribution < 1.29 is 0 Å². The monoisotopic (exact) mass is 260 g/mol. The summed E-state index contributed by atoms with van der Waals surface area (Å²) in [6.07, 6.45) is 6.74. The Bertz CT molecular complexity index is 350. The summed E-state index contributed by atoms with van der Waals surface area (Å²) in [5, 5.41) is 3.73. The van der Waals surface area contributed by atoms with Gasteiger partial charge in [-0.1, -0.05) is 31.5 Å². The Morgan fingerprint density at radius 3 is 2.74 bits per heavy atom. The summed E-state index contributed by atoms with van der Waals surface area (Å²) in [7, 11) is 2.21. The van der Waals surface area contributed by atoms with Crippen LogP contribution in [0.1, 0.15) is 39.0 Å². The third-order valence-electron chi connectivity index (χ3n) is 4.35. The summed E-state index contributed by atoms with van der Waals surface area (Å²) in [6.45, 7) is 4.59.